The minimum atomic E-state index is -0.457. The Hall–Kier alpha value is -3.08. The number of nitrogens with zero attached hydrogens (tertiary/aromatic N) is 2. The minimum absolute atomic E-state index is 0.335. The van der Waals surface area contributed by atoms with Crippen LogP contribution in [-0.2, 0) is 16.2 Å². The molecule has 0 N–H and O–H groups in total. The third kappa shape index (κ3) is 5.21. The second-order valence-electron chi connectivity index (χ2n) is 5.43. The average molecular weight is 338 g/mol. The molecule has 5 heteroatoms. The first kappa shape index (κ1) is 18.3. The smallest absolute Gasteiger partial charge is 0.414 e. The predicted molar refractivity (Wildman–Crippen MR) is 100.0 cm³/mol. The molecule has 0 aliphatic heterocycles. The molecule has 2 aromatic carbocycles. The summed E-state index contributed by atoms with van der Waals surface area (Å²) in [7, 11) is 1.35. The normalized spacial score (nSPS) is 10.5. The Morgan fingerprint density at radius 3 is 2.76 bits per heavy atom. The summed E-state index contributed by atoms with van der Waals surface area (Å²) in [6.45, 7) is 6.43. The molecule has 0 aromatic heterocycles. The molecule has 0 atom stereocenters. The highest BCUT2D eigenvalue weighted by atomic mass is 16.6. The second-order valence-corrected chi connectivity index (χ2v) is 5.43. The zero-order valence-electron chi connectivity index (χ0n) is 14.5. The molecule has 0 spiro atoms. The highest BCUT2D eigenvalue weighted by Gasteiger charge is 2.17. The maximum atomic E-state index is 12.0. The lowest BCUT2D eigenvalue weighted by molar-refractivity contribution is 0.132. The van der Waals surface area contributed by atoms with Gasteiger partial charge in [-0.25, -0.2) is 4.79 Å². The topological polar surface area (TPSA) is 51.1 Å². The molecule has 130 valence electrons. The Kier molecular flexibility index (Phi) is 6.77. The highest BCUT2D eigenvalue weighted by molar-refractivity contribution is 5.96. The molecule has 0 saturated carbocycles. The molecule has 0 heterocycles. The molecule has 0 saturated heterocycles. The number of carbonyl (C=O) groups excluding carboxylic acids is 1. The first-order valence-electron chi connectivity index (χ1n) is 7.92. The lowest BCUT2D eigenvalue weighted by Gasteiger charge is -2.21. The molecule has 25 heavy (non-hydrogen) atoms. The fourth-order valence-corrected chi connectivity index (χ4v) is 2.36. The highest BCUT2D eigenvalue weighted by Crippen LogP contribution is 2.20. The van der Waals surface area contributed by atoms with Crippen molar-refractivity contribution >= 4 is 18.0 Å². The molecule has 0 bridgehead atoms. The first-order valence-corrected chi connectivity index (χ1v) is 7.92. The Labute approximate surface area is 148 Å². The summed E-state index contributed by atoms with van der Waals surface area (Å²) < 4.78 is 4.83. The van der Waals surface area contributed by atoms with Gasteiger partial charge in [0.1, 0.15) is 6.61 Å². The number of aryl methyl sites for hydroxylation is 1. The van der Waals surface area contributed by atoms with Crippen LogP contribution in [0.25, 0.3) is 0 Å². The van der Waals surface area contributed by atoms with Gasteiger partial charge in [-0.2, -0.15) is 0 Å². The lowest BCUT2D eigenvalue weighted by atomic mass is 10.1. The van der Waals surface area contributed by atoms with E-state index in [2.05, 4.69) is 11.7 Å². The van der Waals surface area contributed by atoms with Crippen LogP contribution in [-0.4, -0.2) is 26.0 Å². The van der Waals surface area contributed by atoms with Crippen molar-refractivity contribution in [1.29, 1.82) is 0 Å². The SMILES string of the molecule is C=CCN(C(=O)OC)c1ccccc1/C=N/OCc1cccc(C)c1. The number of hydrogen-bond donors (Lipinski definition) is 0. The average Bonchev–Trinajstić information content (AvgIpc) is 2.63. The summed E-state index contributed by atoms with van der Waals surface area (Å²) >= 11 is 0. The third-order valence-corrected chi connectivity index (χ3v) is 3.51. The van der Waals surface area contributed by atoms with Gasteiger partial charge in [0.2, 0.25) is 0 Å². The Bertz CT molecular complexity index is 756. The van der Waals surface area contributed by atoms with Gasteiger partial charge in [-0.3, -0.25) is 4.90 Å². The van der Waals surface area contributed by atoms with Crippen LogP contribution in [0.1, 0.15) is 16.7 Å². The van der Waals surface area contributed by atoms with Crippen LogP contribution in [0.15, 0.2) is 66.3 Å². The summed E-state index contributed by atoms with van der Waals surface area (Å²) in [5, 5.41) is 4.03. The van der Waals surface area contributed by atoms with Crippen LogP contribution < -0.4 is 4.90 Å². The van der Waals surface area contributed by atoms with E-state index in [1.165, 1.54) is 17.6 Å². The van der Waals surface area contributed by atoms with Crippen molar-refractivity contribution in [3.05, 3.63) is 77.9 Å². The summed E-state index contributed by atoms with van der Waals surface area (Å²) in [5.41, 5.74) is 3.65. The van der Waals surface area contributed by atoms with Crippen LogP contribution in [0.5, 0.6) is 0 Å². The fraction of sp³-hybridized carbons (Fsp3) is 0.200. The van der Waals surface area contributed by atoms with Gasteiger partial charge in [-0.15, -0.1) is 6.58 Å². The van der Waals surface area contributed by atoms with Gasteiger partial charge in [-0.05, 0) is 18.6 Å². The molecule has 0 unspecified atom stereocenters. The van der Waals surface area contributed by atoms with E-state index in [0.717, 1.165) is 11.1 Å². The number of oxime groups is 1. The molecular formula is C20H22N2O3. The molecule has 2 rings (SSSR count). The van der Waals surface area contributed by atoms with Crippen molar-refractivity contribution in [3.63, 3.8) is 0 Å². The number of rotatable bonds is 7. The van der Waals surface area contributed by atoms with E-state index in [-0.39, 0.29) is 0 Å². The van der Waals surface area contributed by atoms with Crippen molar-refractivity contribution < 1.29 is 14.4 Å². The van der Waals surface area contributed by atoms with E-state index in [1.807, 2.05) is 55.5 Å². The van der Waals surface area contributed by atoms with Crippen LogP contribution in [0.2, 0.25) is 0 Å². The summed E-state index contributed by atoms with van der Waals surface area (Å²) in [6.07, 6.45) is 2.77. The summed E-state index contributed by atoms with van der Waals surface area (Å²) in [4.78, 5) is 18.8. The Morgan fingerprint density at radius 2 is 2.04 bits per heavy atom. The number of ether oxygens (including phenoxy) is 1. The van der Waals surface area contributed by atoms with Crippen LogP contribution in [0.3, 0.4) is 0 Å². The fourth-order valence-electron chi connectivity index (χ4n) is 2.36. The van der Waals surface area contributed by atoms with Crippen molar-refractivity contribution in [2.24, 2.45) is 5.16 Å². The zero-order chi connectivity index (χ0) is 18.1. The zero-order valence-corrected chi connectivity index (χ0v) is 14.5. The van der Waals surface area contributed by atoms with Crippen LogP contribution >= 0.6 is 0 Å². The van der Waals surface area contributed by atoms with Crippen molar-refractivity contribution in [2.45, 2.75) is 13.5 Å². The number of hydrogen-bond acceptors (Lipinski definition) is 4. The molecule has 0 radical (unpaired) electrons. The summed E-state index contributed by atoms with van der Waals surface area (Å²) in [5.74, 6) is 0. The van der Waals surface area contributed by atoms with Crippen molar-refractivity contribution in [2.75, 3.05) is 18.6 Å². The number of para-hydroxylation sites is 1. The third-order valence-electron chi connectivity index (χ3n) is 3.51. The monoisotopic (exact) mass is 338 g/mol. The first-order chi connectivity index (χ1) is 12.2. The van der Waals surface area contributed by atoms with E-state index in [4.69, 9.17) is 9.57 Å². The van der Waals surface area contributed by atoms with Crippen LogP contribution in [0.4, 0.5) is 10.5 Å². The van der Waals surface area contributed by atoms with E-state index < -0.39 is 6.09 Å². The number of anilines is 1. The van der Waals surface area contributed by atoms with E-state index in [1.54, 1.807) is 12.3 Å². The molecule has 1 amide bonds. The molecule has 5 nitrogen and oxygen atoms in total. The maximum Gasteiger partial charge on any atom is 0.414 e. The molecule has 0 aliphatic carbocycles. The van der Waals surface area contributed by atoms with Gasteiger partial charge in [0.15, 0.2) is 0 Å². The molecular weight excluding hydrogens is 316 g/mol. The van der Waals surface area contributed by atoms with Gasteiger partial charge in [0, 0.05) is 12.1 Å². The Morgan fingerprint density at radius 1 is 1.24 bits per heavy atom. The van der Waals surface area contributed by atoms with Crippen molar-refractivity contribution in [1.82, 2.24) is 0 Å². The standard InChI is InChI=1S/C20H22N2O3/c1-4-12-22(20(23)24-3)19-11-6-5-10-18(19)14-21-25-15-17-9-7-8-16(2)13-17/h4-11,13-14H,1,12,15H2,2-3H3/b21-14+. The van der Waals surface area contributed by atoms with Crippen molar-refractivity contribution in [3.8, 4) is 0 Å². The summed E-state index contributed by atoms with van der Waals surface area (Å²) in [6, 6.07) is 15.4. The maximum absolute atomic E-state index is 12.0. The number of amides is 1. The van der Waals surface area contributed by atoms with E-state index >= 15 is 0 Å². The van der Waals surface area contributed by atoms with Gasteiger partial charge >= 0.3 is 6.09 Å². The van der Waals surface area contributed by atoms with Gasteiger partial charge in [0.05, 0.1) is 19.0 Å². The van der Waals surface area contributed by atoms with E-state index in [9.17, 15) is 4.79 Å². The number of methoxy groups -OCH3 is 1. The predicted octanol–water partition coefficient (Wildman–Crippen LogP) is 4.30. The lowest BCUT2D eigenvalue weighted by Crippen LogP contribution is -2.31. The molecule has 0 aliphatic rings. The Balaban J connectivity index is 2.11. The molecule has 2 aromatic rings. The quantitative estimate of drug-likeness (QED) is 0.429. The minimum Gasteiger partial charge on any atom is -0.452 e. The number of benzene rings is 2. The van der Waals surface area contributed by atoms with Gasteiger partial charge in [0.25, 0.3) is 0 Å². The largest absolute Gasteiger partial charge is 0.452 e. The second kappa shape index (κ2) is 9.27. The van der Waals surface area contributed by atoms with E-state index in [0.29, 0.717) is 18.8 Å². The van der Waals surface area contributed by atoms with Gasteiger partial charge in [-0.1, -0.05) is 59.3 Å². The molecule has 0 fully saturated rings. The van der Waals surface area contributed by atoms with Crippen LogP contribution in [0, 0.1) is 6.92 Å². The van der Waals surface area contributed by atoms with Gasteiger partial charge < -0.3 is 9.57 Å². The number of carbonyl (C=O) groups is 1.